The lowest BCUT2D eigenvalue weighted by Gasteiger charge is -2.26. The van der Waals surface area contributed by atoms with Gasteiger partial charge in [-0.25, -0.2) is 4.98 Å². The van der Waals surface area contributed by atoms with Gasteiger partial charge in [0, 0.05) is 11.3 Å². The number of benzene rings is 2. The van der Waals surface area contributed by atoms with Crippen LogP contribution in [0.3, 0.4) is 0 Å². The smallest absolute Gasteiger partial charge is 0.267 e. The predicted octanol–water partition coefficient (Wildman–Crippen LogP) is 5.28. The number of carbonyl (C=O) groups excluding carboxylic acids is 1. The Hall–Kier alpha value is -3.14. The van der Waals surface area contributed by atoms with E-state index in [0.717, 1.165) is 16.1 Å². The normalized spacial score (nSPS) is 15.2. The number of amides is 1. The summed E-state index contributed by atoms with van der Waals surface area (Å²) in [6.45, 7) is 4.76. The van der Waals surface area contributed by atoms with Crippen molar-refractivity contribution in [3.63, 3.8) is 0 Å². The zero-order valence-electron chi connectivity index (χ0n) is 20.3. The summed E-state index contributed by atoms with van der Waals surface area (Å²) in [6.07, 6.45) is 0.777. The number of carbonyl (C=O) groups is 1. The molecule has 1 atom stereocenters. The molecule has 0 radical (unpaired) electrons. The first-order valence-electron chi connectivity index (χ1n) is 11.8. The van der Waals surface area contributed by atoms with E-state index in [1.54, 1.807) is 23.8 Å². The van der Waals surface area contributed by atoms with Crippen LogP contribution in [0.25, 0.3) is 15.9 Å². The number of hydrogen-bond donors (Lipinski definition) is 1. The number of nitrogens with zero attached hydrogens (tertiary/aromatic N) is 2. The molecule has 0 unspecified atom stereocenters. The Morgan fingerprint density at radius 1 is 1.22 bits per heavy atom. The fourth-order valence-corrected chi connectivity index (χ4v) is 6.28. The summed E-state index contributed by atoms with van der Waals surface area (Å²) in [5.74, 6) is 0.820. The number of ether oxygens (including phenoxy) is 2. The summed E-state index contributed by atoms with van der Waals surface area (Å²) < 4.78 is 13.0. The second-order valence-electron chi connectivity index (χ2n) is 8.89. The Labute approximate surface area is 217 Å². The molecule has 2 aromatic heterocycles. The lowest BCUT2D eigenvalue weighted by molar-refractivity contribution is -0.113. The average molecular weight is 522 g/mol. The number of nitrogens with one attached hydrogen (secondary N) is 1. The lowest BCUT2D eigenvalue weighted by Crippen LogP contribution is -2.28. The van der Waals surface area contributed by atoms with Crippen LogP contribution in [0.1, 0.15) is 24.3 Å². The minimum absolute atomic E-state index is 0.0765. The molecule has 0 bridgehead atoms. The van der Waals surface area contributed by atoms with Crippen LogP contribution in [0.2, 0.25) is 0 Å². The number of anilines is 1. The van der Waals surface area contributed by atoms with Crippen molar-refractivity contribution in [2.75, 3.05) is 18.2 Å². The SMILES string of the molecule is COc1ccccc1NC(=O)CSc1nc2sc3c(c2c(=O)n1-c1ccccc1)C[C@H](C(C)C)OC3. The number of thioether (sulfide) groups is 1. The van der Waals surface area contributed by atoms with Crippen LogP contribution in [0.5, 0.6) is 5.75 Å². The van der Waals surface area contributed by atoms with Gasteiger partial charge in [-0.3, -0.25) is 14.2 Å². The van der Waals surface area contributed by atoms with Gasteiger partial charge in [-0.1, -0.05) is 55.9 Å². The molecule has 186 valence electrons. The summed E-state index contributed by atoms with van der Waals surface area (Å²) in [5.41, 5.74) is 2.25. The van der Waals surface area contributed by atoms with Crippen LogP contribution in [0.4, 0.5) is 5.69 Å². The summed E-state index contributed by atoms with van der Waals surface area (Å²) in [5, 5.41) is 4.03. The van der Waals surface area contributed by atoms with Gasteiger partial charge in [0.25, 0.3) is 5.56 Å². The van der Waals surface area contributed by atoms with E-state index >= 15 is 0 Å². The van der Waals surface area contributed by atoms with Crippen molar-refractivity contribution < 1.29 is 14.3 Å². The van der Waals surface area contributed by atoms with E-state index in [2.05, 4.69) is 19.2 Å². The first-order chi connectivity index (χ1) is 17.5. The second-order valence-corrected chi connectivity index (χ2v) is 10.9. The molecule has 3 heterocycles. The number of hydrogen-bond acceptors (Lipinski definition) is 7. The van der Waals surface area contributed by atoms with Crippen LogP contribution in [-0.4, -0.2) is 34.4 Å². The summed E-state index contributed by atoms with van der Waals surface area (Å²) >= 11 is 2.75. The molecular formula is C27H27N3O4S2. The van der Waals surface area contributed by atoms with E-state index < -0.39 is 0 Å². The fraction of sp³-hybridized carbons (Fsp3) is 0.296. The van der Waals surface area contributed by atoms with Gasteiger partial charge >= 0.3 is 0 Å². The molecule has 1 aliphatic rings. The molecule has 4 aromatic rings. The van der Waals surface area contributed by atoms with Crippen molar-refractivity contribution in [3.8, 4) is 11.4 Å². The van der Waals surface area contributed by atoms with Crippen molar-refractivity contribution >= 4 is 44.9 Å². The maximum absolute atomic E-state index is 13.9. The van der Waals surface area contributed by atoms with Crippen LogP contribution in [0.15, 0.2) is 64.5 Å². The Bertz CT molecular complexity index is 1460. The first-order valence-corrected chi connectivity index (χ1v) is 13.6. The van der Waals surface area contributed by atoms with Crippen molar-refractivity contribution in [2.24, 2.45) is 5.92 Å². The minimum atomic E-state index is -0.211. The molecule has 2 aromatic carbocycles. The average Bonchev–Trinajstić information content (AvgIpc) is 3.26. The minimum Gasteiger partial charge on any atom is -0.495 e. The van der Waals surface area contributed by atoms with Gasteiger partial charge in [0.1, 0.15) is 10.6 Å². The first kappa shape index (κ1) is 24.5. The van der Waals surface area contributed by atoms with E-state index in [4.69, 9.17) is 14.5 Å². The van der Waals surface area contributed by atoms with Crippen LogP contribution < -0.4 is 15.6 Å². The van der Waals surface area contributed by atoms with Crippen molar-refractivity contribution in [1.29, 1.82) is 0 Å². The van der Waals surface area contributed by atoms with Crippen molar-refractivity contribution in [2.45, 2.75) is 38.1 Å². The van der Waals surface area contributed by atoms with Gasteiger partial charge in [0.2, 0.25) is 5.91 Å². The number of para-hydroxylation sites is 3. The molecule has 0 spiro atoms. The third-order valence-electron chi connectivity index (χ3n) is 6.18. The van der Waals surface area contributed by atoms with Crippen LogP contribution in [-0.2, 0) is 22.6 Å². The largest absolute Gasteiger partial charge is 0.495 e. The highest BCUT2D eigenvalue weighted by Crippen LogP contribution is 2.36. The third kappa shape index (κ3) is 4.78. The maximum atomic E-state index is 13.9. The Balaban J connectivity index is 1.51. The highest BCUT2D eigenvalue weighted by Gasteiger charge is 2.29. The van der Waals surface area contributed by atoms with E-state index in [9.17, 15) is 9.59 Å². The molecule has 0 saturated carbocycles. The van der Waals surface area contributed by atoms with Gasteiger partial charge in [0.05, 0.1) is 42.3 Å². The monoisotopic (exact) mass is 521 g/mol. The third-order valence-corrected chi connectivity index (χ3v) is 8.22. The summed E-state index contributed by atoms with van der Waals surface area (Å²) in [6, 6.07) is 16.7. The van der Waals surface area contributed by atoms with Gasteiger partial charge in [0.15, 0.2) is 5.16 Å². The Morgan fingerprint density at radius 2 is 1.97 bits per heavy atom. The zero-order chi connectivity index (χ0) is 25.2. The molecule has 1 amide bonds. The molecular weight excluding hydrogens is 494 g/mol. The van der Waals surface area contributed by atoms with Crippen molar-refractivity contribution in [1.82, 2.24) is 9.55 Å². The molecule has 0 saturated heterocycles. The number of rotatable bonds is 7. The molecule has 36 heavy (non-hydrogen) atoms. The summed E-state index contributed by atoms with van der Waals surface area (Å²) in [7, 11) is 1.56. The van der Waals surface area contributed by atoms with Crippen LogP contribution in [0, 0.1) is 5.92 Å². The van der Waals surface area contributed by atoms with Gasteiger partial charge < -0.3 is 14.8 Å². The van der Waals surface area contributed by atoms with E-state index in [-0.39, 0.29) is 23.3 Å². The number of fused-ring (bicyclic) bond motifs is 3. The lowest BCUT2D eigenvalue weighted by atomic mass is 9.96. The van der Waals surface area contributed by atoms with Gasteiger partial charge in [-0.05, 0) is 35.7 Å². The fourth-order valence-electron chi connectivity index (χ4n) is 4.30. The van der Waals surface area contributed by atoms with E-state index in [1.165, 1.54) is 23.1 Å². The topological polar surface area (TPSA) is 82.5 Å². The predicted molar refractivity (Wildman–Crippen MR) is 145 cm³/mol. The number of aromatic nitrogens is 2. The molecule has 5 rings (SSSR count). The van der Waals surface area contributed by atoms with Gasteiger partial charge in [-0.15, -0.1) is 11.3 Å². The molecule has 0 aliphatic carbocycles. The molecule has 1 aliphatic heterocycles. The van der Waals surface area contributed by atoms with E-state index in [0.29, 0.717) is 45.8 Å². The Kier molecular flexibility index (Phi) is 7.13. The highest BCUT2D eigenvalue weighted by atomic mass is 32.2. The van der Waals surface area contributed by atoms with Gasteiger partial charge in [-0.2, -0.15) is 0 Å². The maximum Gasteiger partial charge on any atom is 0.267 e. The van der Waals surface area contributed by atoms with E-state index in [1.807, 2.05) is 42.5 Å². The second kappa shape index (κ2) is 10.5. The van der Waals surface area contributed by atoms with Crippen LogP contribution >= 0.6 is 23.1 Å². The zero-order valence-corrected chi connectivity index (χ0v) is 21.9. The number of thiophene rings is 1. The highest BCUT2D eigenvalue weighted by molar-refractivity contribution is 7.99. The molecule has 0 fully saturated rings. The standard InChI is InChI=1S/C27H27N3O4S2/c1-16(2)21-13-18-22(14-34-21)36-25-24(18)26(32)30(17-9-5-4-6-10-17)27(29-25)35-15-23(31)28-19-11-7-8-12-20(19)33-3/h4-12,16,21H,13-15H2,1-3H3,(H,28,31)/t21-/m1/s1. The molecule has 1 N–H and O–H groups in total. The number of methoxy groups -OCH3 is 1. The molecule has 9 heteroatoms. The summed E-state index contributed by atoms with van der Waals surface area (Å²) in [4.78, 5) is 33.4. The molecule has 7 nitrogen and oxygen atoms in total. The Morgan fingerprint density at radius 3 is 2.72 bits per heavy atom. The quantitative estimate of drug-likeness (QED) is 0.263. The van der Waals surface area contributed by atoms with Crippen molar-refractivity contribution in [3.05, 3.63) is 75.4 Å².